The van der Waals surface area contributed by atoms with Gasteiger partial charge < -0.3 is 9.47 Å². The summed E-state index contributed by atoms with van der Waals surface area (Å²) in [6.07, 6.45) is 2.03. The van der Waals surface area contributed by atoms with E-state index in [1.807, 2.05) is 24.3 Å². The van der Waals surface area contributed by atoms with Gasteiger partial charge in [0.25, 0.3) is 0 Å². The lowest BCUT2D eigenvalue weighted by Gasteiger charge is -2.11. The van der Waals surface area contributed by atoms with Gasteiger partial charge in [0, 0.05) is 6.54 Å². The summed E-state index contributed by atoms with van der Waals surface area (Å²) in [6, 6.07) is 9.45. The van der Waals surface area contributed by atoms with Crippen LogP contribution in [0.25, 0.3) is 0 Å². The number of aryl methyl sites for hydroxylation is 1. The first-order chi connectivity index (χ1) is 10.3. The van der Waals surface area contributed by atoms with Crippen molar-refractivity contribution in [1.82, 2.24) is 15.0 Å². The van der Waals surface area contributed by atoms with Crippen molar-refractivity contribution in [2.75, 3.05) is 7.11 Å². The molecule has 0 aliphatic rings. The molecule has 110 valence electrons. The van der Waals surface area contributed by atoms with Gasteiger partial charge in [0.2, 0.25) is 0 Å². The quantitative estimate of drug-likeness (QED) is 0.782. The maximum Gasteiger partial charge on any atom is 0.189 e. The molecule has 0 saturated heterocycles. The number of nitrogens with zero attached hydrogens (tertiary/aromatic N) is 4. The van der Waals surface area contributed by atoms with Crippen LogP contribution in [-0.2, 0) is 13.2 Å². The van der Waals surface area contributed by atoms with Gasteiger partial charge in [-0.25, -0.2) is 4.68 Å². The Labute approximate surface area is 123 Å². The summed E-state index contributed by atoms with van der Waals surface area (Å²) in [5.74, 6) is 1.29. The highest BCUT2D eigenvalue weighted by Gasteiger charge is 2.14. The first kappa shape index (κ1) is 14.9. The third kappa shape index (κ3) is 3.51. The molecule has 0 spiro atoms. The van der Waals surface area contributed by atoms with E-state index in [1.165, 1.54) is 0 Å². The van der Waals surface area contributed by atoms with Crippen molar-refractivity contribution in [3.05, 3.63) is 35.7 Å². The van der Waals surface area contributed by atoms with Crippen molar-refractivity contribution < 1.29 is 9.47 Å². The number of benzene rings is 1. The zero-order chi connectivity index (χ0) is 15.1. The topological polar surface area (TPSA) is 73.0 Å². The van der Waals surface area contributed by atoms with Crippen molar-refractivity contribution in [1.29, 1.82) is 5.26 Å². The minimum atomic E-state index is 0.236. The number of para-hydroxylation sites is 2. The Morgan fingerprint density at radius 1 is 1.29 bits per heavy atom. The largest absolute Gasteiger partial charge is 0.493 e. The third-order valence-corrected chi connectivity index (χ3v) is 3.10. The third-order valence-electron chi connectivity index (χ3n) is 3.10. The Hall–Kier alpha value is -2.55. The van der Waals surface area contributed by atoms with Gasteiger partial charge in [0.05, 0.1) is 7.11 Å². The van der Waals surface area contributed by atoms with Crippen LogP contribution < -0.4 is 9.47 Å². The molecule has 1 aromatic carbocycles. The van der Waals surface area contributed by atoms with Crippen molar-refractivity contribution in [2.24, 2.45) is 0 Å². The lowest BCUT2D eigenvalue weighted by atomic mass is 10.3. The summed E-state index contributed by atoms with van der Waals surface area (Å²) in [6.45, 7) is 3.07. The molecule has 0 aliphatic heterocycles. The second-order valence-corrected chi connectivity index (χ2v) is 4.51. The summed E-state index contributed by atoms with van der Waals surface area (Å²) in [5, 5.41) is 17.0. The number of rotatable bonds is 7. The van der Waals surface area contributed by atoms with Gasteiger partial charge in [-0.1, -0.05) is 30.7 Å². The molecule has 0 radical (unpaired) electrons. The van der Waals surface area contributed by atoms with Crippen molar-refractivity contribution in [2.45, 2.75) is 32.9 Å². The van der Waals surface area contributed by atoms with E-state index in [0.29, 0.717) is 22.9 Å². The highest BCUT2D eigenvalue weighted by molar-refractivity contribution is 5.39. The lowest BCUT2D eigenvalue weighted by molar-refractivity contribution is 0.272. The lowest BCUT2D eigenvalue weighted by Crippen LogP contribution is -2.09. The fraction of sp³-hybridized carbons (Fsp3) is 0.400. The van der Waals surface area contributed by atoms with E-state index >= 15 is 0 Å². The summed E-state index contributed by atoms with van der Waals surface area (Å²) in [7, 11) is 1.59. The van der Waals surface area contributed by atoms with Gasteiger partial charge in [0.1, 0.15) is 18.4 Å². The standard InChI is InChI=1S/C15H18N4O2/c1-3-4-9-19-13(12(10-16)17-18-19)11-21-15-8-6-5-7-14(15)20-2/h5-8H,3-4,9,11H2,1-2H3. The van der Waals surface area contributed by atoms with Gasteiger partial charge in [-0.15, -0.1) is 5.10 Å². The molecule has 0 amide bonds. The molecule has 2 aromatic rings. The smallest absolute Gasteiger partial charge is 0.189 e. The van der Waals surface area contributed by atoms with Crippen LogP contribution >= 0.6 is 0 Å². The summed E-state index contributed by atoms with van der Waals surface area (Å²) >= 11 is 0. The van der Waals surface area contributed by atoms with Crippen LogP contribution in [0.1, 0.15) is 31.2 Å². The Morgan fingerprint density at radius 2 is 2.05 bits per heavy atom. The molecule has 1 heterocycles. The Bertz CT molecular complexity index is 631. The Balaban J connectivity index is 2.15. The van der Waals surface area contributed by atoms with Crippen LogP contribution in [-0.4, -0.2) is 22.1 Å². The average molecular weight is 286 g/mol. The van der Waals surface area contributed by atoms with E-state index in [9.17, 15) is 0 Å². The Morgan fingerprint density at radius 3 is 2.71 bits per heavy atom. The van der Waals surface area contributed by atoms with Gasteiger partial charge >= 0.3 is 0 Å². The molecule has 21 heavy (non-hydrogen) atoms. The second kappa shape index (κ2) is 7.29. The molecule has 0 atom stereocenters. The van der Waals surface area contributed by atoms with Gasteiger partial charge in [-0.3, -0.25) is 0 Å². The highest BCUT2D eigenvalue weighted by Crippen LogP contribution is 2.26. The van der Waals surface area contributed by atoms with Crippen molar-refractivity contribution in [3.8, 4) is 17.6 Å². The van der Waals surface area contributed by atoms with Crippen molar-refractivity contribution >= 4 is 0 Å². The van der Waals surface area contributed by atoms with Crippen molar-refractivity contribution in [3.63, 3.8) is 0 Å². The van der Waals surface area contributed by atoms with Gasteiger partial charge in [0.15, 0.2) is 17.2 Å². The van der Waals surface area contributed by atoms with E-state index in [0.717, 1.165) is 19.4 Å². The van der Waals surface area contributed by atoms with Crippen LogP contribution in [0.5, 0.6) is 11.5 Å². The second-order valence-electron chi connectivity index (χ2n) is 4.51. The van der Waals surface area contributed by atoms with Crippen LogP contribution in [0, 0.1) is 11.3 Å². The number of hydrogen-bond acceptors (Lipinski definition) is 5. The fourth-order valence-electron chi connectivity index (χ4n) is 1.93. The molecular formula is C15H18N4O2. The maximum atomic E-state index is 9.11. The van der Waals surface area contributed by atoms with Crippen LogP contribution in [0.4, 0.5) is 0 Å². The van der Waals surface area contributed by atoms with Gasteiger partial charge in [-0.05, 0) is 18.6 Å². The molecule has 0 unspecified atom stereocenters. The van der Waals surface area contributed by atoms with Crippen LogP contribution in [0.2, 0.25) is 0 Å². The molecule has 0 saturated carbocycles. The maximum absolute atomic E-state index is 9.11. The highest BCUT2D eigenvalue weighted by atomic mass is 16.5. The number of methoxy groups -OCH3 is 1. The van der Waals surface area contributed by atoms with Crippen LogP contribution in [0.3, 0.4) is 0 Å². The number of aromatic nitrogens is 3. The zero-order valence-electron chi connectivity index (χ0n) is 12.2. The van der Waals surface area contributed by atoms with E-state index in [2.05, 4.69) is 23.3 Å². The fourth-order valence-corrected chi connectivity index (χ4v) is 1.93. The molecule has 0 N–H and O–H groups in total. The zero-order valence-corrected chi connectivity index (χ0v) is 12.2. The molecular weight excluding hydrogens is 268 g/mol. The van der Waals surface area contributed by atoms with E-state index < -0.39 is 0 Å². The van der Waals surface area contributed by atoms with Crippen LogP contribution in [0.15, 0.2) is 24.3 Å². The minimum absolute atomic E-state index is 0.236. The summed E-state index contributed by atoms with van der Waals surface area (Å²) in [4.78, 5) is 0. The normalized spacial score (nSPS) is 10.1. The Kier molecular flexibility index (Phi) is 5.16. The molecule has 2 rings (SSSR count). The number of hydrogen-bond donors (Lipinski definition) is 0. The summed E-state index contributed by atoms with van der Waals surface area (Å²) < 4.78 is 12.7. The first-order valence-electron chi connectivity index (χ1n) is 6.88. The monoisotopic (exact) mass is 286 g/mol. The minimum Gasteiger partial charge on any atom is -0.493 e. The first-order valence-corrected chi connectivity index (χ1v) is 6.88. The molecule has 0 fully saturated rings. The number of nitriles is 1. The number of unbranched alkanes of at least 4 members (excludes halogenated alkanes) is 1. The predicted molar refractivity (Wildman–Crippen MR) is 77.0 cm³/mol. The molecule has 0 bridgehead atoms. The summed E-state index contributed by atoms with van der Waals surface area (Å²) in [5.41, 5.74) is 0.998. The van der Waals surface area contributed by atoms with Gasteiger partial charge in [-0.2, -0.15) is 5.26 Å². The molecule has 0 aliphatic carbocycles. The SMILES string of the molecule is CCCCn1nnc(C#N)c1COc1ccccc1OC. The molecule has 6 nitrogen and oxygen atoms in total. The molecule has 6 heteroatoms. The predicted octanol–water partition coefficient (Wildman–Crippen LogP) is 2.54. The van der Waals surface area contributed by atoms with E-state index in [1.54, 1.807) is 11.8 Å². The molecule has 1 aromatic heterocycles. The number of ether oxygens (including phenoxy) is 2. The average Bonchev–Trinajstić information content (AvgIpc) is 2.93. The van der Waals surface area contributed by atoms with E-state index in [4.69, 9.17) is 14.7 Å². The van der Waals surface area contributed by atoms with E-state index in [-0.39, 0.29) is 6.61 Å².